The molecule has 1 aromatic rings. The maximum absolute atomic E-state index is 9.69. The normalized spacial score (nSPS) is 25.3. The van der Waals surface area contributed by atoms with E-state index in [2.05, 4.69) is 50.6 Å². The van der Waals surface area contributed by atoms with Crippen molar-refractivity contribution in [3.05, 3.63) is 26.6 Å². The van der Waals surface area contributed by atoms with Crippen LogP contribution in [-0.2, 0) is 11.3 Å². The lowest BCUT2D eigenvalue weighted by atomic mass is 10.1. The highest BCUT2D eigenvalue weighted by Gasteiger charge is 2.22. The lowest BCUT2D eigenvalue weighted by molar-refractivity contribution is -0.0705. The van der Waals surface area contributed by atoms with Crippen LogP contribution in [0, 0.1) is 0 Å². The highest BCUT2D eigenvalue weighted by Crippen LogP contribution is 2.33. The molecule has 5 heteroatoms. The van der Waals surface area contributed by atoms with Crippen molar-refractivity contribution in [1.82, 2.24) is 4.90 Å². The van der Waals surface area contributed by atoms with E-state index in [1.807, 2.05) is 12.1 Å². The van der Waals surface area contributed by atoms with E-state index in [-0.39, 0.29) is 18.0 Å². The Labute approximate surface area is 124 Å². The third-order valence-corrected chi connectivity index (χ3v) is 4.19. The molecule has 0 amide bonds. The summed E-state index contributed by atoms with van der Waals surface area (Å²) < 4.78 is 7.17. The van der Waals surface area contributed by atoms with E-state index in [1.54, 1.807) is 0 Å². The molecule has 3 nitrogen and oxygen atoms in total. The minimum atomic E-state index is 0.252. The Morgan fingerprint density at radius 1 is 1.22 bits per heavy atom. The SMILES string of the molecule is C[C@@H]1CN(Cc2cc(Br)c(O)c(Br)c2)C[C@H](C)O1. The number of ether oxygens (including phenoxy) is 1. The smallest absolute Gasteiger partial charge is 0.143 e. The molecule has 1 N–H and O–H groups in total. The molecule has 0 unspecified atom stereocenters. The first kappa shape index (κ1) is 14.3. The van der Waals surface area contributed by atoms with Crippen LogP contribution in [0.25, 0.3) is 0 Å². The lowest BCUT2D eigenvalue weighted by Gasteiger charge is -2.35. The van der Waals surface area contributed by atoms with Crippen LogP contribution in [0.15, 0.2) is 21.1 Å². The van der Waals surface area contributed by atoms with Gasteiger partial charge in [-0.05, 0) is 63.4 Å². The van der Waals surface area contributed by atoms with Gasteiger partial charge in [-0.1, -0.05) is 0 Å². The molecular formula is C13H17Br2NO2. The van der Waals surface area contributed by atoms with Crippen LogP contribution < -0.4 is 0 Å². The molecule has 1 saturated heterocycles. The van der Waals surface area contributed by atoms with Crippen molar-refractivity contribution >= 4 is 31.9 Å². The molecule has 0 bridgehead atoms. The molecule has 0 aromatic heterocycles. The number of hydrogen-bond acceptors (Lipinski definition) is 3. The Morgan fingerprint density at radius 2 is 1.72 bits per heavy atom. The fourth-order valence-electron chi connectivity index (χ4n) is 2.38. The summed E-state index contributed by atoms with van der Waals surface area (Å²) in [5.41, 5.74) is 1.17. The second-order valence-corrected chi connectivity index (χ2v) is 6.57. The fraction of sp³-hybridized carbons (Fsp3) is 0.538. The molecule has 100 valence electrons. The van der Waals surface area contributed by atoms with Gasteiger partial charge < -0.3 is 9.84 Å². The first-order valence-corrected chi connectivity index (χ1v) is 7.59. The molecule has 0 radical (unpaired) electrons. The summed E-state index contributed by atoms with van der Waals surface area (Å²) in [7, 11) is 0. The van der Waals surface area contributed by atoms with Crippen molar-refractivity contribution in [2.75, 3.05) is 13.1 Å². The first-order chi connectivity index (χ1) is 8.45. The summed E-state index contributed by atoms with van der Waals surface area (Å²) >= 11 is 6.72. The lowest BCUT2D eigenvalue weighted by Crippen LogP contribution is -2.44. The van der Waals surface area contributed by atoms with Crippen LogP contribution in [0.1, 0.15) is 19.4 Å². The van der Waals surface area contributed by atoms with Crippen LogP contribution >= 0.6 is 31.9 Å². The molecule has 0 saturated carbocycles. The van der Waals surface area contributed by atoms with Gasteiger partial charge in [-0.3, -0.25) is 4.90 Å². The fourth-order valence-corrected chi connectivity index (χ4v) is 3.66. The topological polar surface area (TPSA) is 32.7 Å². The minimum absolute atomic E-state index is 0.252. The van der Waals surface area contributed by atoms with Gasteiger partial charge in [-0.25, -0.2) is 0 Å². The van der Waals surface area contributed by atoms with Gasteiger partial charge in [0.15, 0.2) is 0 Å². The number of aromatic hydroxyl groups is 1. The van der Waals surface area contributed by atoms with Gasteiger partial charge in [-0.15, -0.1) is 0 Å². The molecule has 1 aliphatic rings. The predicted octanol–water partition coefficient (Wildman–Crippen LogP) is 3.53. The van der Waals surface area contributed by atoms with Crippen molar-refractivity contribution in [2.45, 2.75) is 32.6 Å². The number of rotatable bonds is 2. The molecule has 18 heavy (non-hydrogen) atoms. The van der Waals surface area contributed by atoms with E-state index in [9.17, 15) is 5.11 Å². The van der Waals surface area contributed by atoms with E-state index < -0.39 is 0 Å². The zero-order chi connectivity index (χ0) is 13.3. The predicted molar refractivity (Wildman–Crippen MR) is 78.8 cm³/mol. The summed E-state index contributed by atoms with van der Waals surface area (Å²) in [6.45, 7) is 6.97. The second-order valence-electron chi connectivity index (χ2n) is 4.86. The van der Waals surface area contributed by atoms with Crippen molar-refractivity contribution in [3.8, 4) is 5.75 Å². The number of morpholine rings is 1. The quantitative estimate of drug-likeness (QED) is 0.854. The molecule has 1 heterocycles. The summed E-state index contributed by atoms with van der Waals surface area (Å²) in [5.74, 6) is 0.252. The maximum Gasteiger partial charge on any atom is 0.143 e. The van der Waals surface area contributed by atoms with E-state index in [1.165, 1.54) is 5.56 Å². The van der Waals surface area contributed by atoms with E-state index in [0.29, 0.717) is 0 Å². The van der Waals surface area contributed by atoms with Gasteiger partial charge in [-0.2, -0.15) is 0 Å². The van der Waals surface area contributed by atoms with Crippen LogP contribution in [0.3, 0.4) is 0 Å². The molecule has 2 rings (SSSR count). The summed E-state index contributed by atoms with van der Waals surface area (Å²) in [6.07, 6.45) is 0.551. The van der Waals surface area contributed by atoms with Crippen LogP contribution in [0.4, 0.5) is 0 Å². The van der Waals surface area contributed by atoms with Crippen molar-refractivity contribution in [3.63, 3.8) is 0 Å². The van der Waals surface area contributed by atoms with Crippen molar-refractivity contribution < 1.29 is 9.84 Å². The Balaban J connectivity index is 2.09. The summed E-state index contributed by atoms with van der Waals surface area (Å²) in [6, 6.07) is 3.93. The van der Waals surface area contributed by atoms with Gasteiger partial charge in [0.1, 0.15) is 5.75 Å². The van der Waals surface area contributed by atoms with Gasteiger partial charge in [0.2, 0.25) is 0 Å². The number of hydrogen-bond donors (Lipinski definition) is 1. The van der Waals surface area contributed by atoms with Gasteiger partial charge in [0.25, 0.3) is 0 Å². The van der Waals surface area contributed by atoms with Gasteiger partial charge >= 0.3 is 0 Å². The third-order valence-electron chi connectivity index (χ3n) is 2.98. The standard InChI is InChI=1S/C13H17Br2NO2/c1-8-5-16(6-9(2)18-8)7-10-3-11(14)13(17)12(15)4-10/h3-4,8-9,17H,5-7H2,1-2H3/t8-,9+. The number of phenols is 1. The van der Waals surface area contributed by atoms with Crippen LogP contribution in [-0.4, -0.2) is 35.3 Å². The summed E-state index contributed by atoms with van der Waals surface area (Å²) in [5, 5.41) is 9.69. The highest BCUT2D eigenvalue weighted by atomic mass is 79.9. The summed E-state index contributed by atoms with van der Waals surface area (Å²) in [4.78, 5) is 2.38. The number of nitrogens with zero attached hydrogens (tertiary/aromatic N) is 1. The molecule has 1 aromatic carbocycles. The Hall–Kier alpha value is -0.100. The zero-order valence-corrected chi connectivity index (χ0v) is 13.7. The number of halogens is 2. The zero-order valence-electron chi connectivity index (χ0n) is 10.5. The van der Waals surface area contributed by atoms with Crippen LogP contribution in [0.5, 0.6) is 5.75 Å². The second kappa shape index (κ2) is 5.90. The first-order valence-electron chi connectivity index (χ1n) is 6.00. The Bertz CT molecular complexity index is 406. The number of phenolic OH excluding ortho intramolecular Hbond substituents is 1. The van der Waals surface area contributed by atoms with E-state index in [4.69, 9.17) is 4.74 Å². The van der Waals surface area contributed by atoms with Gasteiger partial charge in [0.05, 0.1) is 21.2 Å². The minimum Gasteiger partial charge on any atom is -0.506 e. The number of benzene rings is 1. The third kappa shape index (κ3) is 3.47. The van der Waals surface area contributed by atoms with E-state index >= 15 is 0 Å². The molecule has 0 spiro atoms. The maximum atomic E-state index is 9.69. The van der Waals surface area contributed by atoms with Gasteiger partial charge in [0, 0.05) is 19.6 Å². The Kier molecular flexibility index (Phi) is 4.69. The molecule has 1 fully saturated rings. The average Bonchev–Trinajstić information content (AvgIpc) is 2.24. The van der Waals surface area contributed by atoms with Crippen molar-refractivity contribution in [1.29, 1.82) is 0 Å². The molecular weight excluding hydrogens is 362 g/mol. The molecule has 0 aliphatic carbocycles. The van der Waals surface area contributed by atoms with E-state index in [0.717, 1.165) is 28.6 Å². The molecule has 1 aliphatic heterocycles. The largest absolute Gasteiger partial charge is 0.506 e. The van der Waals surface area contributed by atoms with Crippen molar-refractivity contribution in [2.24, 2.45) is 0 Å². The molecule has 2 atom stereocenters. The average molecular weight is 379 g/mol. The highest BCUT2D eigenvalue weighted by molar-refractivity contribution is 9.11. The van der Waals surface area contributed by atoms with Crippen LogP contribution in [0.2, 0.25) is 0 Å². The monoisotopic (exact) mass is 377 g/mol. The Morgan fingerprint density at radius 3 is 2.22 bits per heavy atom.